The summed E-state index contributed by atoms with van der Waals surface area (Å²) in [6.07, 6.45) is 3.11. The molecule has 5 nitrogen and oxygen atoms in total. The number of rotatable bonds is 5. The van der Waals surface area contributed by atoms with Crippen LogP contribution in [0.15, 0.2) is 36.4 Å². The van der Waals surface area contributed by atoms with Crippen LogP contribution >= 0.6 is 23.8 Å². The fourth-order valence-electron chi connectivity index (χ4n) is 3.36. The van der Waals surface area contributed by atoms with Gasteiger partial charge < -0.3 is 20.1 Å². The maximum Gasteiger partial charge on any atom is 0.339 e. The lowest BCUT2D eigenvalue weighted by molar-refractivity contribution is 0.0526. The van der Waals surface area contributed by atoms with Crippen molar-refractivity contribution in [3.05, 3.63) is 58.1 Å². The van der Waals surface area contributed by atoms with Crippen LogP contribution in [-0.4, -0.2) is 24.8 Å². The van der Waals surface area contributed by atoms with Gasteiger partial charge in [-0.05, 0) is 79.9 Å². The molecule has 0 heterocycles. The first kappa shape index (κ1) is 20.4. The van der Waals surface area contributed by atoms with Crippen LogP contribution in [0, 0.1) is 0 Å². The third kappa shape index (κ3) is 4.75. The largest absolute Gasteiger partial charge is 0.497 e. The van der Waals surface area contributed by atoms with Crippen molar-refractivity contribution in [2.75, 3.05) is 19.0 Å². The number of benzene rings is 2. The highest BCUT2D eigenvalue weighted by atomic mass is 35.5. The molecule has 2 aromatic carbocycles. The van der Waals surface area contributed by atoms with Crippen LogP contribution in [-0.2, 0) is 11.2 Å². The maximum absolute atomic E-state index is 12.0. The van der Waals surface area contributed by atoms with E-state index in [0.29, 0.717) is 28.0 Å². The minimum atomic E-state index is -0.454. The quantitative estimate of drug-likeness (QED) is 0.532. The smallest absolute Gasteiger partial charge is 0.339 e. The zero-order valence-electron chi connectivity index (χ0n) is 15.9. The number of thiocarbonyl (C=S) groups is 1. The lowest BCUT2D eigenvalue weighted by Crippen LogP contribution is -2.34. The molecular formula is C21H23ClN2O3S. The monoisotopic (exact) mass is 418 g/mol. The van der Waals surface area contributed by atoms with Gasteiger partial charge >= 0.3 is 5.97 Å². The van der Waals surface area contributed by atoms with Crippen LogP contribution in [0.2, 0.25) is 5.02 Å². The number of carbonyl (C=O) groups is 1. The summed E-state index contributed by atoms with van der Waals surface area (Å²) in [5.74, 6) is 0.415. The van der Waals surface area contributed by atoms with Gasteiger partial charge in [-0.15, -0.1) is 0 Å². The van der Waals surface area contributed by atoms with E-state index >= 15 is 0 Å². The van der Waals surface area contributed by atoms with Gasteiger partial charge in [0.05, 0.1) is 30.3 Å². The minimum absolute atomic E-state index is 0.131. The molecule has 0 bridgehead atoms. The van der Waals surface area contributed by atoms with Crippen molar-refractivity contribution in [3.63, 3.8) is 0 Å². The van der Waals surface area contributed by atoms with E-state index < -0.39 is 5.97 Å². The Hall–Kier alpha value is -2.31. The van der Waals surface area contributed by atoms with Crippen molar-refractivity contribution in [1.29, 1.82) is 0 Å². The molecule has 1 atom stereocenters. The molecule has 0 saturated heterocycles. The molecule has 2 N–H and O–H groups in total. The summed E-state index contributed by atoms with van der Waals surface area (Å²) in [6.45, 7) is 2.04. The molecule has 1 aliphatic rings. The van der Waals surface area contributed by atoms with Crippen molar-refractivity contribution in [3.8, 4) is 5.75 Å². The Morgan fingerprint density at radius 1 is 1.29 bits per heavy atom. The van der Waals surface area contributed by atoms with Gasteiger partial charge in [-0.3, -0.25) is 0 Å². The van der Waals surface area contributed by atoms with E-state index in [1.54, 1.807) is 32.2 Å². The van der Waals surface area contributed by atoms with Crippen LogP contribution in [0.1, 0.15) is 47.3 Å². The number of hydrogen-bond acceptors (Lipinski definition) is 4. The Labute approximate surface area is 175 Å². The predicted octanol–water partition coefficient (Wildman–Crippen LogP) is 4.89. The maximum atomic E-state index is 12.0. The molecule has 0 aliphatic heterocycles. The second-order valence-electron chi connectivity index (χ2n) is 6.52. The van der Waals surface area contributed by atoms with Gasteiger partial charge in [0, 0.05) is 5.69 Å². The molecule has 0 amide bonds. The normalized spacial score (nSPS) is 15.3. The van der Waals surface area contributed by atoms with Gasteiger partial charge in [0.15, 0.2) is 5.11 Å². The number of methoxy groups -OCH3 is 1. The summed E-state index contributed by atoms with van der Waals surface area (Å²) in [6, 6.07) is 11.4. The standard InChI is InChI=1S/C21H23ClN2O3S/c1-3-27-20(25)17-12-14(7-10-18(17)22)23-21(28)24-19-6-4-5-13-11-15(26-2)8-9-16(13)19/h7-12,19H,3-6H2,1-2H3,(H2,23,24,28). The van der Waals surface area contributed by atoms with E-state index in [4.69, 9.17) is 33.3 Å². The summed E-state index contributed by atoms with van der Waals surface area (Å²) in [4.78, 5) is 12.0. The number of aryl methyl sites for hydroxylation is 1. The molecule has 148 valence electrons. The number of esters is 1. The molecule has 0 spiro atoms. The highest BCUT2D eigenvalue weighted by Crippen LogP contribution is 2.32. The number of halogens is 1. The molecule has 7 heteroatoms. The molecule has 3 rings (SSSR count). The van der Waals surface area contributed by atoms with Crippen LogP contribution in [0.25, 0.3) is 0 Å². The average molecular weight is 419 g/mol. The van der Waals surface area contributed by atoms with Crippen LogP contribution < -0.4 is 15.4 Å². The Bertz CT molecular complexity index is 888. The van der Waals surface area contributed by atoms with Gasteiger partial charge in [0.25, 0.3) is 0 Å². The van der Waals surface area contributed by atoms with Crippen LogP contribution in [0.5, 0.6) is 5.75 Å². The molecule has 0 saturated carbocycles. The molecule has 1 unspecified atom stereocenters. The molecule has 2 aromatic rings. The first-order valence-electron chi connectivity index (χ1n) is 9.22. The molecule has 0 aromatic heterocycles. The lowest BCUT2D eigenvalue weighted by Gasteiger charge is -2.28. The fraction of sp³-hybridized carbons (Fsp3) is 0.333. The molecule has 0 radical (unpaired) electrons. The summed E-state index contributed by atoms with van der Waals surface area (Å²) in [5, 5.41) is 7.35. The van der Waals surface area contributed by atoms with Gasteiger partial charge in [0.1, 0.15) is 5.75 Å². The molecule has 28 heavy (non-hydrogen) atoms. The van der Waals surface area contributed by atoms with Crippen molar-refractivity contribution in [1.82, 2.24) is 5.32 Å². The zero-order valence-corrected chi connectivity index (χ0v) is 17.5. The summed E-state index contributed by atoms with van der Waals surface area (Å²) < 4.78 is 10.4. The van der Waals surface area contributed by atoms with E-state index in [1.165, 1.54) is 11.1 Å². The number of ether oxygens (including phenoxy) is 2. The second-order valence-corrected chi connectivity index (χ2v) is 7.34. The third-order valence-corrected chi connectivity index (χ3v) is 5.24. The Balaban J connectivity index is 1.70. The fourth-order valence-corrected chi connectivity index (χ4v) is 3.82. The van der Waals surface area contributed by atoms with Gasteiger partial charge in [-0.2, -0.15) is 0 Å². The number of anilines is 1. The second kappa shape index (κ2) is 9.26. The van der Waals surface area contributed by atoms with Crippen LogP contribution in [0.4, 0.5) is 5.69 Å². The van der Waals surface area contributed by atoms with E-state index in [-0.39, 0.29) is 6.04 Å². The highest BCUT2D eigenvalue weighted by Gasteiger charge is 2.21. The Kier molecular flexibility index (Phi) is 6.75. The first-order valence-corrected chi connectivity index (χ1v) is 10.0. The van der Waals surface area contributed by atoms with Gasteiger partial charge in [-0.1, -0.05) is 17.7 Å². The Morgan fingerprint density at radius 2 is 2.11 bits per heavy atom. The Morgan fingerprint density at radius 3 is 2.86 bits per heavy atom. The van der Waals surface area contributed by atoms with E-state index in [0.717, 1.165) is 25.0 Å². The summed E-state index contributed by atoms with van der Waals surface area (Å²) >= 11 is 11.6. The average Bonchev–Trinajstić information content (AvgIpc) is 2.69. The van der Waals surface area contributed by atoms with Crippen molar-refractivity contribution < 1.29 is 14.3 Å². The van der Waals surface area contributed by atoms with Crippen molar-refractivity contribution in [2.24, 2.45) is 0 Å². The number of carbonyl (C=O) groups excluding carboxylic acids is 1. The number of fused-ring (bicyclic) bond motifs is 1. The predicted molar refractivity (Wildman–Crippen MR) is 115 cm³/mol. The highest BCUT2D eigenvalue weighted by molar-refractivity contribution is 7.80. The van der Waals surface area contributed by atoms with Crippen molar-refractivity contribution >= 4 is 40.6 Å². The summed E-state index contributed by atoms with van der Waals surface area (Å²) in [5.41, 5.74) is 3.50. The zero-order chi connectivity index (χ0) is 20.1. The molecule has 0 fully saturated rings. The SMILES string of the molecule is CCOC(=O)c1cc(NC(=S)NC2CCCc3cc(OC)ccc32)ccc1Cl. The van der Waals surface area contributed by atoms with Gasteiger partial charge in [0.2, 0.25) is 0 Å². The number of hydrogen-bond donors (Lipinski definition) is 2. The van der Waals surface area contributed by atoms with E-state index in [2.05, 4.69) is 22.8 Å². The summed E-state index contributed by atoms with van der Waals surface area (Å²) in [7, 11) is 1.68. The van der Waals surface area contributed by atoms with Gasteiger partial charge in [-0.25, -0.2) is 4.79 Å². The van der Waals surface area contributed by atoms with Crippen LogP contribution in [0.3, 0.4) is 0 Å². The lowest BCUT2D eigenvalue weighted by atomic mass is 9.87. The molecule has 1 aliphatic carbocycles. The topological polar surface area (TPSA) is 59.6 Å². The number of nitrogens with one attached hydrogen (secondary N) is 2. The van der Waals surface area contributed by atoms with Crippen molar-refractivity contribution in [2.45, 2.75) is 32.2 Å². The van der Waals surface area contributed by atoms with E-state index in [1.807, 2.05) is 6.07 Å². The first-order chi connectivity index (χ1) is 13.5. The minimum Gasteiger partial charge on any atom is -0.497 e. The van der Waals surface area contributed by atoms with E-state index in [9.17, 15) is 4.79 Å². The molecular weight excluding hydrogens is 396 g/mol. The third-order valence-electron chi connectivity index (χ3n) is 4.69.